The molecule has 1 aliphatic rings. The van der Waals surface area contributed by atoms with Crippen LogP contribution in [-0.2, 0) is 11.8 Å². The van der Waals surface area contributed by atoms with E-state index >= 15 is 0 Å². The molecule has 6 heteroatoms. The summed E-state index contributed by atoms with van der Waals surface area (Å²) in [6.07, 6.45) is 0.926. The number of hydrogen-bond acceptors (Lipinski definition) is 3. The normalized spacial score (nSPS) is 21.7. The molecule has 0 bridgehead atoms. The van der Waals surface area contributed by atoms with Gasteiger partial charge in [-0.15, -0.1) is 0 Å². The summed E-state index contributed by atoms with van der Waals surface area (Å²) in [4.78, 5) is 0. The van der Waals surface area contributed by atoms with Crippen LogP contribution in [0.1, 0.15) is 48.0 Å². The average Bonchev–Trinajstić information content (AvgIpc) is 3.12. The molecule has 1 fully saturated rings. The smallest absolute Gasteiger partial charge is 0.128 e. The summed E-state index contributed by atoms with van der Waals surface area (Å²) in [5, 5.41) is 7.82. The van der Waals surface area contributed by atoms with Crippen molar-refractivity contribution in [2.24, 2.45) is 13.0 Å². The molecule has 136 valence electrons. The van der Waals surface area contributed by atoms with E-state index in [1.807, 2.05) is 32.5 Å². The van der Waals surface area contributed by atoms with Crippen molar-refractivity contribution in [2.45, 2.75) is 39.3 Å². The Balaban J connectivity index is 1.71. The van der Waals surface area contributed by atoms with Crippen LogP contribution < -0.4 is 5.32 Å². The van der Waals surface area contributed by atoms with Gasteiger partial charge >= 0.3 is 0 Å². The SMILES string of the molecule is Cc1nn(C)c(C)c1[C@@H]1OCC[C@@H]1CN[C@H](C)c1cc(F)ccc1F. The van der Waals surface area contributed by atoms with Crippen molar-refractivity contribution < 1.29 is 13.5 Å². The molecule has 0 spiro atoms. The molecule has 3 rings (SSSR count). The summed E-state index contributed by atoms with van der Waals surface area (Å²) in [6.45, 7) is 7.28. The number of aromatic nitrogens is 2. The van der Waals surface area contributed by atoms with Gasteiger partial charge in [-0.05, 0) is 45.4 Å². The van der Waals surface area contributed by atoms with Crippen molar-refractivity contribution in [1.29, 1.82) is 0 Å². The second-order valence-corrected chi connectivity index (χ2v) is 6.84. The van der Waals surface area contributed by atoms with E-state index in [9.17, 15) is 8.78 Å². The van der Waals surface area contributed by atoms with Crippen molar-refractivity contribution in [3.05, 3.63) is 52.3 Å². The van der Waals surface area contributed by atoms with Gasteiger partial charge in [0.1, 0.15) is 11.6 Å². The van der Waals surface area contributed by atoms with E-state index in [-0.39, 0.29) is 23.9 Å². The number of halogens is 2. The lowest BCUT2D eigenvalue weighted by molar-refractivity contribution is 0.0888. The third-order valence-electron chi connectivity index (χ3n) is 5.17. The Bertz CT molecular complexity index is 759. The number of nitrogens with zero attached hydrogens (tertiary/aromatic N) is 2. The van der Waals surface area contributed by atoms with E-state index in [1.54, 1.807) is 0 Å². The molecule has 0 unspecified atom stereocenters. The first-order chi connectivity index (χ1) is 11.9. The molecular weight excluding hydrogens is 324 g/mol. The van der Waals surface area contributed by atoms with Crippen LogP contribution >= 0.6 is 0 Å². The Morgan fingerprint density at radius 2 is 2.12 bits per heavy atom. The molecule has 3 atom stereocenters. The van der Waals surface area contributed by atoms with Crippen LogP contribution in [0.3, 0.4) is 0 Å². The molecule has 1 N–H and O–H groups in total. The largest absolute Gasteiger partial charge is 0.373 e. The summed E-state index contributed by atoms with van der Waals surface area (Å²) >= 11 is 0. The van der Waals surface area contributed by atoms with Gasteiger partial charge in [0.15, 0.2) is 0 Å². The third kappa shape index (κ3) is 3.60. The maximum Gasteiger partial charge on any atom is 0.128 e. The van der Waals surface area contributed by atoms with Gasteiger partial charge in [0.2, 0.25) is 0 Å². The monoisotopic (exact) mass is 349 g/mol. The lowest BCUT2D eigenvalue weighted by atomic mass is 9.93. The van der Waals surface area contributed by atoms with Crippen LogP contribution in [0.2, 0.25) is 0 Å². The molecule has 0 aliphatic carbocycles. The fraction of sp³-hybridized carbons (Fsp3) is 0.526. The Kier molecular flexibility index (Phi) is 5.20. The number of benzene rings is 1. The van der Waals surface area contributed by atoms with Gasteiger partial charge in [0.05, 0.1) is 11.8 Å². The minimum absolute atomic E-state index is 0.00856. The first-order valence-corrected chi connectivity index (χ1v) is 8.68. The van der Waals surface area contributed by atoms with Crippen LogP contribution in [-0.4, -0.2) is 22.9 Å². The van der Waals surface area contributed by atoms with Crippen molar-refractivity contribution in [2.75, 3.05) is 13.2 Å². The molecule has 0 saturated carbocycles. The van der Waals surface area contributed by atoms with E-state index in [4.69, 9.17) is 4.74 Å². The summed E-state index contributed by atoms with van der Waals surface area (Å²) in [7, 11) is 1.93. The highest BCUT2D eigenvalue weighted by atomic mass is 19.1. The molecule has 2 aromatic rings. The fourth-order valence-corrected chi connectivity index (χ4v) is 3.65. The van der Waals surface area contributed by atoms with Crippen molar-refractivity contribution in [3.8, 4) is 0 Å². The molecular formula is C19H25F2N3O. The number of rotatable bonds is 5. The van der Waals surface area contributed by atoms with Gasteiger partial charge in [0.25, 0.3) is 0 Å². The highest BCUT2D eigenvalue weighted by molar-refractivity contribution is 5.28. The maximum absolute atomic E-state index is 13.9. The number of aryl methyl sites for hydroxylation is 2. The second kappa shape index (κ2) is 7.22. The van der Waals surface area contributed by atoms with E-state index < -0.39 is 5.82 Å². The maximum atomic E-state index is 13.9. The number of nitrogens with one attached hydrogen (secondary N) is 1. The van der Waals surface area contributed by atoms with Crippen LogP contribution in [0, 0.1) is 31.4 Å². The Morgan fingerprint density at radius 3 is 2.80 bits per heavy atom. The molecule has 1 aliphatic heterocycles. The second-order valence-electron chi connectivity index (χ2n) is 6.84. The fourth-order valence-electron chi connectivity index (χ4n) is 3.65. The van der Waals surface area contributed by atoms with Crippen LogP contribution in [0.4, 0.5) is 8.78 Å². The quantitative estimate of drug-likeness (QED) is 0.894. The van der Waals surface area contributed by atoms with Crippen LogP contribution in [0.25, 0.3) is 0 Å². The van der Waals surface area contributed by atoms with Crippen LogP contribution in [0.15, 0.2) is 18.2 Å². The zero-order valence-corrected chi connectivity index (χ0v) is 15.1. The van der Waals surface area contributed by atoms with Crippen LogP contribution in [0.5, 0.6) is 0 Å². The number of ether oxygens (including phenoxy) is 1. The zero-order valence-electron chi connectivity index (χ0n) is 15.1. The first kappa shape index (κ1) is 18.0. The summed E-state index contributed by atoms with van der Waals surface area (Å²) in [6, 6.07) is 3.30. The van der Waals surface area contributed by atoms with Crippen molar-refractivity contribution >= 4 is 0 Å². The number of hydrogen-bond donors (Lipinski definition) is 1. The Morgan fingerprint density at radius 1 is 1.36 bits per heavy atom. The Hall–Kier alpha value is -1.79. The van der Waals surface area contributed by atoms with Gasteiger partial charge in [-0.25, -0.2) is 8.78 Å². The Labute approximate surface area is 147 Å². The van der Waals surface area contributed by atoms with E-state index in [0.717, 1.165) is 29.4 Å². The molecule has 25 heavy (non-hydrogen) atoms. The third-order valence-corrected chi connectivity index (χ3v) is 5.17. The lowest BCUT2D eigenvalue weighted by Gasteiger charge is -2.22. The predicted octanol–water partition coefficient (Wildman–Crippen LogP) is 3.74. The van der Waals surface area contributed by atoms with Gasteiger partial charge in [-0.1, -0.05) is 0 Å². The molecule has 2 heterocycles. The highest BCUT2D eigenvalue weighted by Gasteiger charge is 2.33. The minimum atomic E-state index is -0.422. The van der Waals surface area contributed by atoms with Gasteiger partial charge in [-0.3, -0.25) is 4.68 Å². The van der Waals surface area contributed by atoms with Crippen molar-refractivity contribution in [3.63, 3.8) is 0 Å². The van der Waals surface area contributed by atoms with Gasteiger partial charge in [0, 0.05) is 49.0 Å². The van der Waals surface area contributed by atoms with E-state index in [2.05, 4.69) is 10.4 Å². The molecule has 4 nitrogen and oxygen atoms in total. The topological polar surface area (TPSA) is 39.1 Å². The van der Waals surface area contributed by atoms with E-state index in [1.165, 1.54) is 12.1 Å². The lowest BCUT2D eigenvalue weighted by Crippen LogP contribution is -2.28. The molecule has 1 aromatic carbocycles. The van der Waals surface area contributed by atoms with Gasteiger partial charge < -0.3 is 10.1 Å². The highest BCUT2D eigenvalue weighted by Crippen LogP contribution is 2.37. The molecule has 0 amide bonds. The summed E-state index contributed by atoms with van der Waals surface area (Å²) < 4.78 is 35.2. The van der Waals surface area contributed by atoms with Crippen molar-refractivity contribution in [1.82, 2.24) is 15.1 Å². The van der Waals surface area contributed by atoms with Gasteiger partial charge in [-0.2, -0.15) is 5.10 Å². The standard InChI is InChI=1S/C19H25F2N3O/c1-11(16-9-15(20)5-6-17(16)21)22-10-14-7-8-25-19(14)18-12(2)23-24(4)13(18)3/h5-6,9,11,14,19,22H,7-8,10H2,1-4H3/t11-,14-,19-/m1/s1. The first-order valence-electron chi connectivity index (χ1n) is 8.68. The predicted molar refractivity (Wildman–Crippen MR) is 92.3 cm³/mol. The molecule has 1 saturated heterocycles. The zero-order chi connectivity index (χ0) is 18.1. The van der Waals surface area contributed by atoms with E-state index in [0.29, 0.717) is 18.7 Å². The average molecular weight is 349 g/mol. The molecule has 1 aromatic heterocycles. The summed E-state index contributed by atoms with van der Waals surface area (Å²) in [5.74, 6) is -0.533. The minimum Gasteiger partial charge on any atom is -0.373 e. The summed E-state index contributed by atoms with van der Waals surface area (Å²) in [5.41, 5.74) is 3.60. The molecule has 0 radical (unpaired) electrons.